The highest BCUT2D eigenvalue weighted by Crippen LogP contribution is 2.56. The highest BCUT2D eigenvalue weighted by molar-refractivity contribution is 7.93. The van der Waals surface area contributed by atoms with Crippen LogP contribution in [0.2, 0.25) is 0 Å². The number of likely N-dealkylation sites (tertiary alicyclic amines) is 2. The van der Waals surface area contributed by atoms with Crippen LogP contribution >= 0.6 is 0 Å². The summed E-state index contributed by atoms with van der Waals surface area (Å²) < 4.78 is 60.2. The molecule has 7 rings (SSSR count). The number of benzene rings is 1. The number of halogens is 3. The minimum atomic E-state index is -5.09. The van der Waals surface area contributed by atoms with Gasteiger partial charge in [-0.05, 0) is 68.6 Å². The Morgan fingerprint density at radius 2 is 1.69 bits per heavy atom. The topological polar surface area (TPSA) is 115 Å². The molecule has 2 aliphatic heterocycles. The minimum absolute atomic E-state index is 0.0854. The number of carbonyl (C=O) groups is 1. The second-order valence-corrected chi connectivity index (χ2v) is 14.8. The van der Waals surface area contributed by atoms with Crippen molar-refractivity contribution in [1.82, 2.24) is 24.6 Å². The Morgan fingerprint density at radius 1 is 1.08 bits per heavy atom. The number of aromatic nitrogens is 3. The maximum absolute atomic E-state index is 13.0. The molecule has 0 radical (unpaired) electrons. The first kappa shape index (κ1) is 25.3. The molecule has 2 saturated heterocycles. The molecule has 1 atom stereocenters. The lowest BCUT2D eigenvalue weighted by molar-refractivity contribution is -0.107. The zero-order valence-electron chi connectivity index (χ0n) is 21.4. The Hall–Kier alpha value is -2.67. The quantitative estimate of drug-likeness (QED) is 0.572. The number of aliphatic hydroxyl groups is 1. The summed E-state index contributed by atoms with van der Waals surface area (Å²) in [5.74, 6) is 0.828. The predicted molar refractivity (Wildman–Crippen MR) is 133 cm³/mol. The van der Waals surface area contributed by atoms with E-state index in [4.69, 9.17) is 4.78 Å². The molecule has 1 aromatic carbocycles. The summed E-state index contributed by atoms with van der Waals surface area (Å²) in [5.41, 5.74) is -4.98. The average Bonchev–Trinajstić information content (AvgIpc) is 3.32. The van der Waals surface area contributed by atoms with E-state index in [9.17, 15) is 27.3 Å². The third-order valence-electron chi connectivity index (χ3n) is 9.53. The molecule has 2 aromatic rings. The van der Waals surface area contributed by atoms with E-state index in [1.807, 2.05) is 14.5 Å². The van der Waals surface area contributed by atoms with Gasteiger partial charge in [-0.15, -0.1) is 0 Å². The number of nitrogens with one attached hydrogen (secondary N) is 1. The Bertz CT molecular complexity index is 1420. The van der Waals surface area contributed by atoms with Crippen molar-refractivity contribution in [2.75, 3.05) is 26.2 Å². The van der Waals surface area contributed by atoms with Crippen LogP contribution in [0.15, 0.2) is 35.5 Å². The fraction of sp³-hybridized carbons (Fsp3) is 0.654. The predicted octanol–water partition coefficient (Wildman–Crippen LogP) is 3.90. The number of nitrogens with zero attached hydrogens (tertiary/aromatic N) is 5. The Kier molecular flexibility index (Phi) is 5.16. The van der Waals surface area contributed by atoms with Crippen LogP contribution in [0.25, 0.3) is 0 Å². The molecule has 13 heteroatoms. The van der Waals surface area contributed by atoms with E-state index in [0.717, 1.165) is 57.7 Å². The van der Waals surface area contributed by atoms with Crippen molar-refractivity contribution in [2.24, 2.45) is 16.7 Å². The van der Waals surface area contributed by atoms with Gasteiger partial charge in [0.2, 0.25) is 0 Å². The maximum Gasteiger partial charge on any atom is 0.483 e. The summed E-state index contributed by atoms with van der Waals surface area (Å²) in [6, 6.07) is 5.88. The molecule has 1 unspecified atom stereocenters. The molecule has 2 spiro atoms. The summed E-state index contributed by atoms with van der Waals surface area (Å²) in [6.07, 6.45) is 7.48. The zero-order valence-corrected chi connectivity index (χ0v) is 22.2. The van der Waals surface area contributed by atoms with E-state index in [0.29, 0.717) is 36.8 Å². The summed E-state index contributed by atoms with van der Waals surface area (Å²) >= 11 is 0. The second-order valence-electron chi connectivity index (χ2n) is 12.8. The summed E-state index contributed by atoms with van der Waals surface area (Å²) in [7, 11) is -4.85. The fourth-order valence-corrected chi connectivity index (χ4v) is 8.13. The van der Waals surface area contributed by atoms with Gasteiger partial charge in [0.05, 0.1) is 10.9 Å². The summed E-state index contributed by atoms with van der Waals surface area (Å²) in [4.78, 5) is 20.6. The van der Waals surface area contributed by atoms with Crippen LogP contribution in [0.5, 0.6) is 0 Å². The molecule has 0 bridgehead atoms. The molecule has 1 aromatic heterocycles. The van der Waals surface area contributed by atoms with Crippen LogP contribution in [-0.4, -0.2) is 71.6 Å². The van der Waals surface area contributed by atoms with Gasteiger partial charge in [-0.3, -0.25) is 0 Å². The first-order chi connectivity index (χ1) is 18.3. The molecule has 3 aliphatic carbocycles. The highest BCUT2D eigenvalue weighted by Gasteiger charge is 2.59. The molecule has 5 aliphatic rings. The molecule has 3 saturated carbocycles. The number of amides is 2. The molecule has 2 amide bonds. The molecule has 2 N–H and O–H groups in total. The fourth-order valence-electron chi connectivity index (χ4n) is 7.27. The van der Waals surface area contributed by atoms with Gasteiger partial charge in [0, 0.05) is 37.0 Å². The van der Waals surface area contributed by atoms with Crippen LogP contribution in [0, 0.1) is 21.5 Å². The van der Waals surface area contributed by atoms with Crippen LogP contribution in [0.4, 0.5) is 18.0 Å². The Balaban J connectivity index is 0.858. The molecule has 39 heavy (non-hydrogen) atoms. The van der Waals surface area contributed by atoms with Gasteiger partial charge in [0.1, 0.15) is 11.9 Å². The van der Waals surface area contributed by atoms with Gasteiger partial charge in [-0.1, -0.05) is 12.1 Å². The lowest BCUT2D eigenvalue weighted by Gasteiger charge is -2.63. The number of carbonyl (C=O) groups excluding carboxylic acids is 1. The SMILES string of the molecule is N=S(=O)(c1cccc(CC2CC3(C2)CN(C(=O)N2CC4(CC(n5cnc(C6(O)CC6)n5)C4)C2)C3)c1)C(F)(F)F. The van der Waals surface area contributed by atoms with Crippen LogP contribution in [0.1, 0.15) is 56.0 Å². The first-order valence-electron chi connectivity index (χ1n) is 13.4. The van der Waals surface area contributed by atoms with Crippen LogP contribution in [0.3, 0.4) is 0 Å². The second kappa shape index (κ2) is 7.96. The van der Waals surface area contributed by atoms with Crippen molar-refractivity contribution in [3.63, 3.8) is 0 Å². The monoisotopic (exact) mass is 564 g/mol. The lowest BCUT2D eigenvalue weighted by Crippen LogP contribution is -2.71. The smallest absolute Gasteiger partial charge is 0.382 e. The maximum atomic E-state index is 13.0. The minimum Gasteiger partial charge on any atom is -0.382 e. The third-order valence-corrected chi connectivity index (χ3v) is 11.1. The van der Waals surface area contributed by atoms with Crippen LogP contribution in [-0.2, 0) is 21.8 Å². The molecule has 5 fully saturated rings. The first-order valence-corrected chi connectivity index (χ1v) is 15.0. The van der Waals surface area contributed by atoms with Gasteiger partial charge in [0.15, 0.2) is 15.6 Å². The molecule has 210 valence electrons. The van der Waals surface area contributed by atoms with Crippen molar-refractivity contribution in [1.29, 1.82) is 4.78 Å². The van der Waals surface area contributed by atoms with Gasteiger partial charge in [0.25, 0.3) is 0 Å². The number of hydrogen-bond donors (Lipinski definition) is 2. The van der Waals surface area contributed by atoms with Gasteiger partial charge in [-0.25, -0.2) is 23.4 Å². The Morgan fingerprint density at radius 3 is 2.28 bits per heavy atom. The molecule has 3 heterocycles. The van der Waals surface area contributed by atoms with Crippen molar-refractivity contribution in [3.05, 3.63) is 42.0 Å². The van der Waals surface area contributed by atoms with E-state index in [2.05, 4.69) is 10.1 Å². The number of rotatable bonds is 5. The lowest BCUT2D eigenvalue weighted by atomic mass is 9.56. The summed E-state index contributed by atoms with van der Waals surface area (Å²) in [6.45, 7) is 2.95. The van der Waals surface area contributed by atoms with Crippen molar-refractivity contribution in [3.8, 4) is 0 Å². The number of hydrogen-bond acceptors (Lipinski definition) is 6. The van der Waals surface area contributed by atoms with Crippen molar-refractivity contribution < 1.29 is 27.3 Å². The molecular formula is C26H31F3N6O3S. The third kappa shape index (κ3) is 4.06. The Labute approximate surface area is 224 Å². The average molecular weight is 565 g/mol. The molecule has 9 nitrogen and oxygen atoms in total. The van der Waals surface area contributed by atoms with E-state index in [1.54, 1.807) is 12.4 Å². The van der Waals surface area contributed by atoms with Gasteiger partial charge >= 0.3 is 11.5 Å². The normalized spacial score (nSPS) is 26.4. The zero-order chi connectivity index (χ0) is 27.4. The highest BCUT2D eigenvalue weighted by atomic mass is 32.2. The van der Waals surface area contributed by atoms with Gasteiger partial charge in [-0.2, -0.15) is 18.3 Å². The van der Waals surface area contributed by atoms with Crippen molar-refractivity contribution in [2.45, 2.75) is 67.0 Å². The molecular weight excluding hydrogens is 533 g/mol. The standard InChI is InChI=1S/C26H31F3N6O3S/c27-26(28,29)39(30,38)20-3-1-2-17(7-20)6-18-8-23(9-18)12-33(13-23)22(36)34-14-24(15-34)10-19(11-24)35-16-31-21(32-35)25(37)4-5-25/h1-3,7,16,18-19,30,37H,4-6,8-15H2. The van der Waals surface area contributed by atoms with Gasteiger partial charge < -0.3 is 14.9 Å². The van der Waals surface area contributed by atoms with E-state index in [1.165, 1.54) is 12.1 Å². The largest absolute Gasteiger partial charge is 0.483 e. The van der Waals surface area contributed by atoms with E-state index in [-0.39, 0.29) is 22.9 Å². The van der Waals surface area contributed by atoms with Crippen LogP contribution < -0.4 is 0 Å². The van der Waals surface area contributed by atoms with E-state index >= 15 is 0 Å². The number of alkyl halides is 3. The van der Waals surface area contributed by atoms with Crippen molar-refractivity contribution >= 4 is 15.8 Å². The number of urea groups is 1. The summed E-state index contributed by atoms with van der Waals surface area (Å²) in [5, 5.41) is 14.7. The van der Waals surface area contributed by atoms with E-state index < -0.39 is 25.7 Å².